The predicted octanol–water partition coefficient (Wildman–Crippen LogP) is 3.66. The summed E-state index contributed by atoms with van der Waals surface area (Å²) in [5.41, 5.74) is 6.01. The third kappa shape index (κ3) is 7.86. The Kier molecular flexibility index (Phi) is 10.8. The van der Waals surface area contributed by atoms with Gasteiger partial charge in [-0.15, -0.1) is 0 Å². The van der Waals surface area contributed by atoms with Gasteiger partial charge in [0, 0.05) is 24.2 Å². The molecule has 0 aliphatic rings. The zero-order chi connectivity index (χ0) is 27.7. The van der Waals surface area contributed by atoms with E-state index < -0.39 is 18.6 Å². The van der Waals surface area contributed by atoms with Crippen LogP contribution >= 0.6 is 0 Å². The van der Waals surface area contributed by atoms with Crippen LogP contribution in [0.1, 0.15) is 48.9 Å². The first kappa shape index (κ1) is 29.3. The number of nitrogens with zero attached hydrogens (tertiary/aromatic N) is 3. The summed E-state index contributed by atoms with van der Waals surface area (Å²) in [5, 5.41) is 25.6. The molecule has 1 aromatic heterocycles. The van der Waals surface area contributed by atoms with E-state index in [-0.39, 0.29) is 13.2 Å². The molecule has 206 valence electrons. The second kappa shape index (κ2) is 14.0. The lowest BCUT2D eigenvalue weighted by Gasteiger charge is -2.18. The molecular formula is C29H40N4O5. The number of carbonyl (C=O) groups excluding carboxylic acids is 1. The maximum Gasteiger partial charge on any atom is 0.258 e. The summed E-state index contributed by atoms with van der Waals surface area (Å²) in [7, 11) is 2.15. The molecule has 0 radical (unpaired) electrons. The fourth-order valence-corrected chi connectivity index (χ4v) is 4.23. The Bertz CT molecular complexity index is 1210. The number of ether oxygens (including phenoxy) is 1. The van der Waals surface area contributed by atoms with Crippen molar-refractivity contribution in [1.29, 1.82) is 0 Å². The summed E-state index contributed by atoms with van der Waals surface area (Å²) in [6, 6.07) is 10.2. The number of carbonyl (C=O) groups is 1. The molecule has 1 heterocycles. The minimum absolute atomic E-state index is 0.000367. The molecular weight excluding hydrogens is 484 g/mol. The van der Waals surface area contributed by atoms with Crippen LogP contribution in [0.4, 0.5) is 0 Å². The van der Waals surface area contributed by atoms with Crippen LogP contribution in [0, 0.1) is 13.8 Å². The fourth-order valence-electron chi connectivity index (χ4n) is 4.23. The van der Waals surface area contributed by atoms with Crippen LogP contribution in [-0.2, 0) is 17.8 Å². The minimum atomic E-state index is -0.902. The van der Waals surface area contributed by atoms with Gasteiger partial charge < -0.3 is 29.7 Å². The Balaban J connectivity index is 1.72. The molecule has 9 heteroatoms. The van der Waals surface area contributed by atoms with E-state index >= 15 is 0 Å². The number of rotatable bonds is 14. The molecule has 1 amide bonds. The topological polar surface area (TPSA) is 121 Å². The molecule has 3 rings (SSSR count). The van der Waals surface area contributed by atoms with E-state index in [1.54, 1.807) is 0 Å². The smallest absolute Gasteiger partial charge is 0.258 e. The van der Waals surface area contributed by atoms with Crippen LogP contribution in [0.2, 0.25) is 0 Å². The first-order chi connectivity index (χ1) is 18.2. The highest BCUT2D eigenvalue weighted by molar-refractivity contribution is 5.76. The van der Waals surface area contributed by atoms with Gasteiger partial charge >= 0.3 is 0 Å². The number of aromatic nitrogens is 2. The summed E-state index contributed by atoms with van der Waals surface area (Å²) in [5.74, 6) is 1.11. The van der Waals surface area contributed by atoms with E-state index in [0.29, 0.717) is 23.9 Å². The Labute approximate surface area is 224 Å². The third-order valence-corrected chi connectivity index (χ3v) is 6.44. The van der Waals surface area contributed by atoms with Crippen LogP contribution in [0.3, 0.4) is 0 Å². The van der Waals surface area contributed by atoms with E-state index in [4.69, 9.17) is 14.4 Å². The van der Waals surface area contributed by atoms with Crippen LogP contribution in [0.25, 0.3) is 22.8 Å². The predicted molar refractivity (Wildman–Crippen MR) is 147 cm³/mol. The van der Waals surface area contributed by atoms with E-state index in [9.17, 15) is 9.90 Å². The molecule has 3 aromatic rings. The van der Waals surface area contributed by atoms with Crippen molar-refractivity contribution < 1.29 is 24.3 Å². The lowest BCUT2D eigenvalue weighted by molar-refractivity contribution is -0.124. The van der Waals surface area contributed by atoms with Gasteiger partial charge in [0.2, 0.25) is 11.7 Å². The molecule has 2 aromatic carbocycles. The molecule has 0 saturated heterocycles. The van der Waals surface area contributed by atoms with Crippen molar-refractivity contribution in [3.63, 3.8) is 0 Å². The number of hydrogen-bond donors (Lipinski definition) is 3. The number of aryl methyl sites for hydroxylation is 3. The Hall–Kier alpha value is -3.27. The van der Waals surface area contributed by atoms with Gasteiger partial charge in [0.25, 0.3) is 5.89 Å². The minimum Gasteiger partial charge on any atom is -0.490 e. The van der Waals surface area contributed by atoms with Crippen LogP contribution in [0.15, 0.2) is 34.9 Å². The molecule has 9 nitrogen and oxygen atoms in total. The maximum absolute atomic E-state index is 11.2. The zero-order valence-electron chi connectivity index (χ0n) is 23.1. The Morgan fingerprint density at radius 3 is 2.58 bits per heavy atom. The number of aliphatic hydroxyl groups is 2. The number of unbranched alkanes of at least 4 members (excludes halogenated alkanes) is 1. The molecule has 0 aliphatic carbocycles. The molecule has 0 saturated carbocycles. The van der Waals surface area contributed by atoms with Crippen molar-refractivity contribution in [3.05, 3.63) is 52.6 Å². The van der Waals surface area contributed by atoms with Gasteiger partial charge in [-0.3, -0.25) is 4.79 Å². The van der Waals surface area contributed by atoms with E-state index in [1.807, 2.05) is 32.0 Å². The molecule has 1 atom stereocenters. The van der Waals surface area contributed by atoms with Crippen molar-refractivity contribution in [2.45, 2.75) is 59.6 Å². The number of benzene rings is 2. The van der Waals surface area contributed by atoms with Crippen molar-refractivity contribution >= 4 is 5.91 Å². The molecule has 0 bridgehead atoms. The van der Waals surface area contributed by atoms with Gasteiger partial charge in [0.05, 0.1) is 0 Å². The SMILES string of the molecule is CCCCN(C)Cc1ccc(-c2nc(-c3cc(C)c(OCC(O)CNC(=O)CO)c(CC)c3)no2)cc1C. The molecule has 38 heavy (non-hydrogen) atoms. The second-order valence-corrected chi connectivity index (χ2v) is 9.72. The van der Waals surface area contributed by atoms with Crippen molar-refractivity contribution in [2.75, 3.05) is 33.4 Å². The van der Waals surface area contributed by atoms with E-state index in [2.05, 4.69) is 53.4 Å². The number of hydrogen-bond acceptors (Lipinski definition) is 8. The molecule has 0 spiro atoms. The van der Waals surface area contributed by atoms with Crippen LogP contribution in [0.5, 0.6) is 5.75 Å². The van der Waals surface area contributed by atoms with Gasteiger partial charge in [0.1, 0.15) is 25.1 Å². The summed E-state index contributed by atoms with van der Waals surface area (Å²) in [6.45, 7) is 9.64. The average Bonchev–Trinajstić information content (AvgIpc) is 3.41. The Morgan fingerprint density at radius 2 is 1.89 bits per heavy atom. The highest BCUT2D eigenvalue weighted by Gasteiger charge is 2.17. The maximum atomic E-state index is 11.2. The summed E-state index contributed by atoms with van der Waals surface area (Å²) < 4.78 is 11.5. The van der Waals surface area contributed by atoms with Crippen molar-refractivity contribution in [1.82, 2.24) is 20.4 Å². The number of nitrogens with one attached hydrogen (secondary N) is 1. The second-order valence-electron chi connectivity index (χ2n) is 9.72. The highest BCUT2D eigenvalue weighted by atomic mass is 16.5. The first-order valence-electron chi connectivity index (χ1n) is 13.2. The number of aliphatic hydroxyl groups excluding tert-OH is 2. The molecule has 0 aliphatic heterocycles. The van der Waals surface area contributed by atoms with Gasteiger partial charge in [-0.1, -0.05) is 31.5 Å². The van der Waals surface area contributed by atoms with E-state index in [0.717, 1.165) is 35.3 Å². The normalized spacial score (nSPS) is 12.1. The Morgan fingerprint density at radius 1 is 1.13 bits per heavy atom. The zero-order valence-corrected chi connectivity index (χ0v) is 23.1. The average molecular weight is 525 g/mol. The fraction of sp³-hybridized carbons (Fsp3) is 0.483. The highest BCUT2D eigenvalue weighted by Crippen LogP contribution is 2.31. The van der Waals surface area contributed by atoms with Gasteiger partial charge in [-0.25, -0.2) is 0 Å². The van der Waals surface area contributed by atoms with Crippen molar-refractivity contribution in [3.8, 4) is 28.6 Å². The van der Waals surface area contributed by atoms with Gasteiger partial charge in [-0.05, 0) is 86.8 Å². The van der Waals surface area contributed by atoms with Gasteiger partial charge in [0.15, 0.2) is 0 Å². The van der Waals surface area contributed by atoms with E-state index in [1.165, 1.54) is 24.0 Å². The monoisotopic (exact) mass is 524 g/mol. The quantitative estimate of drug-likeness (QED) is 0.292. The van der Waals surface area contributed by atoms with Crippen LogP contribution in [-0.4, -0.2) is 70.6 Å². The summed E-state index contributed by atoms with van der Waals surface area (Å²) >= 11 is 0. The largest absolute Gasteiger partial charge is 0.490 e. The first-order valence-corrected chi connectivity index (χ1v) is 13.2. The molecule has 3 N–H and O–H groups in total. The van der Waals surface area contributed by atoms with Gasteiger partial charge in [-0.2, -0.15) is 4.98 Å². The molecule has 1 unspecified atom stereocenters. The molecule has 0 fully saturated rings. The van der Waals surface area contributed by atoms with Crippen LogP contribution < -0.4 is 10.1 Å². The number of amides is 1. The lowest BCUT2D eigenvalue weighted by Crippen LogP contribution is -2.36. The third-order valence-electron chi connectivity index (χ3n) is 6.44. The van der Waals surface area contributed by atoms with Crippen molar-refractivity contribution in [2.24, 2.45) is 0 Å². The standard InChI is InChI=1S/C29H40N4O5/c1-6-8-11-33(5)16-23-10-9-22(12-19(23)3)29-31-28(32-38-29)24-13-20(4)27(21(7-2)14-24)37-18-25(35)15-30-26(36)17-34/h9-10,12-14,25,34-35H,6-8,11,15-18H2,1-5H3,(H,30,36). The summed E-state index contributed by atoms with van der Waals surface area (Å²) in [4.78, 5) is 18.2. The lowest BCUT2D eigenvalue weighted by atomic mass is 10.0. The summed E-state index contributed by atoms with van der Waals surface area (Å²) in [6.07, 6.45) is 2.19.